The average molecular weight is 250 g/mol. The summed E-state index contributed by atoms with van der Waals surface area (Å²) in [5, 5.41) is 12.2. The van der Waals surface area contributed by atoms with Gasteiger partial charge in [0, 0.05) is 12.2 Å². The van der Waals surface area contributed by atoms with E-state index in [1.807, 2.05) is 35.2 Å². The molecule has 0 bridgehead atoms. The van der Waals surface area contributed by atoms with Crippen molar-refractivity contribution in [2.24, 2.45) is 16.7 Å². The van der Waals surface area contributed by atoms with Crippen molar-refractivity contribution in [1.29, 1.82) is 0 Å². The van der Waals surface area contributed by atoms with Gasteiger partial charge in [0.15, 0.2) is 0 Å². The molecule has 0 spiro atoms. The Balaban J connectivity index is 2.52. The number of nitrogens with zero attached hydrogens (tertiary/aromatic N) is 2. The third-order valence-corrected chi connectivity index (χ3v) is 2.53. The zero-order valence-corrected chi connectivity index (χ0v) is 10.1. The van der Waals surface area contributed by atoms with Crippen LogP contribution in [0.15, 0.2) is 35.4 Å². The minimum atomic E-state index is -0.978. The van der Waals surface area contributed by atoms with Crippen molar-refractivity contribution >= 4 is 18.0 Å². The molecule has 98 valence electrons. The van der Waals surface area contributed by atoms with Gasteiger partial charge in [-0.05, 0) is 25.0 Å². The van der Waals surface area contributed by atoms with Gasteiger partial charge in [0.05, 0.1) is 0 Å². The highest BCUT2D eigenvalue weighted by Gasteiger charge is 2.11. The van der Waals surface area contributed by atoms with Crippen LogP contribution in [-0.4, -0.2) is 30.0 Å². The Labute approximate surface area is 106 Å². The fourth-order valence-electron chi connectivity index (χ4n) is 1.56. The van der Waals surface area contributed by atoms with Crippen LogP contribution >= 0.6 is 0 Å². The molecule has 5 N–H and O–H groups in total. The first-order valence-electron chi connectivity index (χ1n) is 5.68. The topological polar surface area (TPSA) is 105 Å². The van der Waals surface area contributed by atoms with Crippen LogP contribution in [0.25, 0.3) is 0 Å². The summed E-state index contributed by atoms with van der Waals surface area (Å²) >= 11 is 0. The molecule has 0 saturated carbocycles. The quantitative estimate of drug-likeness (QED) is 0.284. The van der Waals surface area contributed by atoms with E-state index in [9.17, 15) is 4.79 Å². The van der Waals surface area contributed by atoms with Crippen LogP contribution in [0.3, 0.4) is 0 Å². The van der Waals surface area contributed by atoms with E-state index >= 15 is 0 Å². The number of para-hydroxylation sites is 1. The van der Waals surface area contributed by atoms with Gasteiger partial charge in [0.1, 0.15) is 12.4 Å². The van der Waals surface area contributed by atoms with Crippen molar-refractivity contribution in [1.82, 2.24) is 0 Å². The first kappa shape index (κ1) is 14.0. The lowest BCUT2D eigenvalue weighted by Gasteiger charge is -2.19. The molecule has 0 radical (unpaired) electrons. The highest BCUT2D eigenvalue weighted by Crippen LogP contribution is 2.12. The summed E-state index contributed by atoms with van der Waals surface area (Å²) in [5.41, 5.74) is 6.39. The molecule has 0 amide bonds. The molecule has 1 atom stereocenters. The summed E-state index contributed by atoms with van der Waals surface area (Å²) in [6.07, 6.45) is 2.58. The van der Waals surface area contributed by atoms with E-state index in [4.69, 9.17) is 16.7 Å². The second-order valence-electron chi connectivity index (χ2n) is 3.88. The predicted octanol–water partition coefficient (Wildman–Crippen LogP) is 0.587. The number of carboxylic acids is 1. The maximum Gasteiger partial charge on any atom is 0.320 e. The van der Waals surface area contributed by atoms with Crippen LogP contribution in [-0.2, 0) is 4.79 Å². The van der Waals surface area contributed by atoms with Crippen molar-refractivity contribution < 1.29 is 9.90 Å². The fourth-order valence-corrected chi connectivity index (χ4v) is 1.56. The summed E-state index contributed by atoms with van der Waals surface area (Å²) in [4.78, 5) is 12.4. The molecule has 0 saturated heterocycles. The Hall–Kier alpha value is -2.08. The van der Waals surface area contributed by atoms with Gasteiger partial charge in [-0.3, -0.25) is 4.79 Å². The molecule has 0 aromatic heterocycles. The lowest BCUT2D eigenvalue weighted by Crippen LogP contribution is -2.32. The number of carboxylic acid groups (broad SMARTS) is 1. The van der Waals surface area contributed by atoms with E-state index in [1.54, 1.807) is 0 Å². The van der Waals surface area contributed by atoms with Crippen molar-refractivity contribution in [3.63, 3.8) is 0 Å². The van der Waals surface area contributed by atoms with Gasteiger partial charge in [0.25, 0.3) is 0 Å². The first-order valence-corrected chi connectivity index (χ1v) is 5.68. The molecule has 6 nitrogen and oxygen atoms in total. The second-order valence-corrected chi connectivity index (χ2v) is 3.88. The van der Waals surface area contributed by atoms with Crippen molar-refractivity contribution in [3.05, 3.63) is 30.3 Å². The van der Waals surface area contributed by atoms with Crippen LogP contribution in [0.4, 0.5) is 5.69 Å². The molecule has 0 aliphatic carbocycles. The lowest BCUT2D eigenvalue weighted by atomic mass is 10.1. The van der Waals surface area contributed by atoms with Crippen molar-refractivity contribution in [2.75, 3.05) is 11.4 Å². The van der Waals surface area contributed by atoms with Gasteiger partial charge in [0.2, 0.25) is 0 Å². The van der Waals surface area contributed by atoms with E-state index in [1.165, 1.54) is 6.34 Å². The Kier molecular flexibility index (Phi) is 5.66. The third kappa shape index (κ3) is 4.42. The third-order valence-electron chi connectivity index (χ3n) is 2.53. The Morgan fingerprint density at radius 1 is 1.44 bits per heavy atom. The number of rotatable bonds is 7. The molecule has 1 rings (SSSR count). The molecule has 1 unspecified atom stereocenters. The largest absolute Gasteiger partial charge is 0.480 e. The van der Waals surface area contributed by atoms with E-state index in [-0.39, 0.29) is 0 Å². The molecule has 0 fully saturated rings. The normalized spacial score (nSPS) is 12.5. The molecule has 0 heterocycles. The number of carbonyl (C=O) groups is 1. The predicted molar refractivity (Wildman–Crippen MR) is 71.3 cm³/mol. The van der Waals surface area contributed by atoms with Crippen molar-refractivity contribution in [3.8, 4) is 0 Å². The molecule has 0 aliphatic rings. The number of anilines is 1. The van der Waals surface area contributed by atoms with Crippen LogP contribution in [0, 0.1) is 0 Å². The average Bonchev–Trinajstić information content (AvgIpc) is 2.38. The number of benzene rings is 1. The van der Waals surface area contributed by atoms with Crippen LogP contribution in [0.1, 0.15) is 12.8 Å². The molecule has 0 aliphatic heterocycles. The van der Waals surface area contributed by atoms with Crippen molar-refractivity contribution in [2.45, 2.75) is 18.9 Å². The van der Waals surface area contributed by atoms with Gasteiger partial charge in [-0.25, -0.2) is 0 Å². The summed E-state index contributed by atoms with van der Waals surface area (Å²) in [6.45, 7) is 0.617. The molecule has 1 aromatic carbocycles. The number of nitrogens with two attached hydrogens (primary N) is 2. The zero-order chi connectivity index (χ0) is 13.4. The summed E-state index contributed by atoms with van der Waals surface area (Å²) in [6, 6.07) is 8.78. The smallest absolute Gasteiger partial charge is 0.320 e. The van der Waals surface area contributed by atoms with E-state index in [2.05, 4.69) is 5.10 Å². The number of hydrogen-bond donors (Lipinski definition) is 3. The summed E-state index contributed by atoms with van der Waals surface area (Å²) in [7, 11) is 0. The summed E-state index contributed by atoms with van der Waals surface area (Å²) < 4.78 is 0. The number of aliphatic carboxylic acids is 1. The van der Waals surface area contributed by atoms with E-state index in [0.717, 1.165) is 5.69 Å². The van der Waals surface area contributed by atoms with Gasteiger partial charge in [-0.2, -0.15) is 5.10 Å². The highest BCUT2D eigenvalue weighted by atomic mass is 16.4. The molecular formula is C12H18N4O2. The first-order chi connectivity index (χ1) is 8.65. The molecule has 18 heavy (non-hydrogen) atoms. The standard InChI is InChI=1S/C12H18N4O2/c13-11(12(17)18)7-4-8-16(9-15-14)10-5-2-1-3-6-10/h1-3,5-6,9,11H,4,7-8,13-14H2,(H,17,18). The minimum absolute atomic E-state index is 0.414. The van der Waals surface area contributed by atoms with Crippen LogP contribution < -0.4 is 16.5 Å². The maximum atomic E-state index is 10.6. The van der Waals surface area contributed by atoms with E-state index < -0.39 is 12.0 Å². The minimum Gasteiger partial charge on any atom is -0.480 e. The Morgan fingerprint density at radius 3 is 2.67 bits per heavy atom. The Morgan fingerprint density at radius 2 is 2.11 bits per heavy atom. The molecule has 1 aromatic rings. The second kappa shape index (κ2) is 7.29. The van der Waals surface area contributed by atoms with Crippen LogP contribution in [0.2, 0.25) is 0 Å². The maximum absolute atomic E-state index is 10.6. The fraction of sp³-hybridized carbons (Fsp3) is 0.333. The highest BCUT2D eigenvalue weighted by molar-refractivity contribution is 5.78. The zero-order valence-electron chi connectivity index (χ0n) is 10.1. The Bertz CT molecular complexity index is 394. The van der Waals surface area contributed by atoms with E-state index in [0.29, 0.717) is 19.4 Å². The van der Waals surface area contributed by atoms with Gasteiger partial charge < -0.3 is 21.6 Å². The number of hydrazone groups is 1. The lowest BCUT2D eigenvalue weighted by molar-refractivity contribution is -0.138. The monoisotopic (exact) mass is 250 g/mol. The SMILES string of the molecule is NN=CN(CCCC(N)C(=O)O)c1ccccc1. The molecule has 6 heteroatoms. The number of hydrogen-bond acceptors (Lipinski definition) is 4. The van der Waals surface area contributed by atoms with Crippen LogP contribution in [0.5, 0.6) is 0 Å². The van der Waals surface area contributed by atoms with Gasteiger partial charge >= 0.3 is 5.97 Å². The van der Waals surface area contributed by atoms with Gasteiger partial charge in [-0.1, -0.05) is 18.2 Å². The molecular weight excluding hydrogens is 232 g/mol. The van der Waals surface area contributed by atoms with Gasteiger partial charge in [-0.15, -0.1) is 0 Å². The summed E-state index contributed by atoms with van der Waals surface area (Å²) in [5.74, 6) is 4.18.